The molecule has 0 spiro atoms. The number of hydrogen-bond donors (Lipinski definition) is 3. The van der Waals surface area contributed by atoms with Gasteiger partial charge in [-0.1, -0.05) is 33.8 Å². The number of allylic oxidation sites excluding steroid dienone is 1. The Bertz CT molecular complexity index is 248. The molecule has 6 heteroatoms. The molecule has 1 fully saturated rings. The first-order valence-corrected chi connectivity index (χ1v) is 8.77. The van der Waals surface area contributed by atoms with Crippen LogP contribution in [0.2, 0.25) is 0 Å². The van der Waals surface area contributed by atoms with Crippen molar-refractivity contribution in [3.05, 3.63) is 12.7 Å². The third kappa shape index (κ3) is 28.7. The molecule has 2 unspecified atom stereocenters. The number of aliphatic hydroxyl groups excluding tert-OH is 1. The summed E-state index contributed by atoms with van der Waals surface area (Å²) >= 11 is 0. The molecular formula is C18H39NO5. The van der Waals surface area contributed by atoms with E-state index < -0.39 is 6.10 Å². The van der Waals surface area contributed by atoms with E-state index in [1.165, 1.54) is 0 Å². The van der Waals surface area contributed by atoms with Gasteiger partial charge in [0.25, 0.3) is 6.47 Å². The smallest absolute Gasteiger partial charge is 0.308 e. The molecule has 3 N–H and O–H groups in total. The van der Waals surface area contributed by atoms with Gasteiger partial charge >= 0.3 is 5.97 Å². The molecular weight excluding hydrogens is 310 g/mol. The second kappa shape index (κ2) is 29.6. The van der Waals surface area contributed by atoms with Crippen LogP contribution in [0, 0.1) is 0 Å². The van der Waals surface area contributed by atoms with Crippen LogP contribution in [-0.2, 0) is 14.3 Å². The van der Waals surface area contributed by atoms with Gasteiger partial charge in [0.15, 0.2) is 0 Å². The van der Waals surface area contributed by atoms with Gasteiger partial charge in [0.2, 0.25) is 0 Å². The zero-order chi connectivity index (χ0) is 19.8. The number of esters is 1. The van der Waals surface area contributed by atoms with Crippen molar-refractivity contribution in [2.24, 2.45) is 0 Å². The predicted octanol–water partition coefficient (Wildman–Crippen LogP) is 3.39. The van der Waals surface area contributed by atoms with Crippen molar-refractivity contribution in [2.45, 2.75) is 79.4 Å². The number of aliphatic hydroxyl groups is 1. The zero-order valence-electron chi connectivity index (χ0n) is 16.4. The number of carbonyl (C=O) groups is 2. The summed E-state index contributed by atoms with van der Waals surface area (Å²) in [6.45, 7) is 16.2. The monoisotopic (exact) mass is 349 g/mol. The predicted molar refractivity (Wildman–Crippen MR) is 100 cm³/mol. The van der Waals surface area contributed by atoms with Crippen molar-refractivity contribution in [3.8, 4) is 0 Å². The van der Waals surface area contributed by atoms with Crippen LogP contribution in [0.3, 0.4) is 0 Å². The van der Waals surface area contributed by atoms with Gasteiger partial charge in [-0.3, -0.25) is 9.59 Å². The quantitative estimate of drug-likeness (QED) is 0.400. The topological polar surface area (TPSA) is 95.9 Å². The SMILES string of the molecule is C=CC.CC.CC.CCOC(=O)CC(O)CC1CCCN1.O=CO. The average molecular weight is 350 g/mol. The molecule has 0 amide bonds. The van der Waals surface area contributed by atoms with Gasteiger partial charge in [-0.25, -0.2) is 0 Å². The van der Waals surface area contributed by atoms with Gasteiger partial charge in [-0.15, -0.1) is 6.58 Å². The first-order valence-electron chi connectivity index (χ1n) is 8.77. The van der Waals surface area contributed by atoms with Crippen molar-refractivity contribution in [3.63, 3.8) is 0 Å². The van der Waals surface area contributed by atoms with E-state index in [0.29, 0.717) is 19.1 Å². The van der Waals surface area contributed by atoms with Crippen molar-refractivity contribution in [1.29, 1.82) is 0 Å². The molecule has 2 atom stereocenters. The molecule has 0 radical (unpaired) electrons. The fourth-order valence-corrected chi connectivity index (χ4v) is 1.78. The van der Waals surface area contributed by atoms with E-state index in [0.717, 1.165) is 19.4 Å². The molecule has 0 aromatic heterocycles. The minimum atomic E-state index is -0.565. The number of rotatable bonds is 5. The maximum absolute atomic E-state index is 11.0. The highest BCUT2D eigenvalue weighted by molar-refractivity contribution is 5.69. The van der Waals surface area contributed by atoms with Crippen LogP contribution in [0.4, 0.5) is 0 Å². The summed E-state index contributed by atoms with van der Waals surface area (Å²) in [5.74, 6) is -0.307. The first-order chi connectivity index (χ1) is 11.5. The van der Waals surface area contributed by atoms with Crippen molar-refractivity contribution in [1.82, 2.24) is 5.32 Å². The third-order valence-corrected chi connectivity index (χ3v) is 2.43. The molecule has 1 aliphatic rings. The van der Waals surface area contributed by atoms with E-state index in [2.05, 4.69) is 11.9 Å². The molecule has 24 heavy (non-hydrogen) atoms. The normalized spacial score (nSPS) is 15.2. The summed E-state index contributed by atoms with van der Waals surface area (Å²) in [7, 11) is 0. The highest BCUT2D eigenvalue weighted by Crippen LogP contribution is 2.12. The van der Waals surface area contributed by atoms with Gasteiger partial charge in [0.1, 0.15) is 0 Å². The van der Waals surface area contributed by atoms with Crippen LogP contribution in [0.5, 0.6) is 0 Å². The van der Waals surface area contributed by atoms with Gasteiger partial charge in [0.05, 0.1) is 19.1 Å². The summed E-state index contributed by atoms with van der Waals surface area (Å²) in [6, 6.07) is 0.374. The molecule has 1 heterocycles. The maximum atomic E-state index is 11.0. The lowest BCUT2D eigenvalue weighted by atomic mass is 10.1. The standard InChI is InChI=1S/C10H19NO3.C3H6.2C2H6.CH2O2/c1-2-14-10(13)7-9(12)6-8-4-3-5-11-8;1-3-2;2*1-2;2-1-3/h8-9,11-12H,2-7H2,1H3;3H,1H2,2H3;2*1-2H3;1H,(H,2,3). The molecule has 1 rings (SSSR count). The Kier molecular flexibility index (Phi) is 37.6. The summed E-state index contributed by atoms with van der Waals surface area (Å²) in [5.41, 5.74) is 0. The third-order valence-electron chi connectivity index (χ3n) is 2.43. The molecule has 1 saturated heterocycles. The summed E-state index contributed by atoms with van der Waals surface area (Å²) in [4.78, 5) is 19.4. The van der Waals surface area contributed by atoms with Gasteiger partial charge in [-0.05, 0) is 39.7 Å². The number of carbonyl (C=O) groups excluding carboxylic acids is 1. The Hall–Kier alpha value is -1.40. The molecule has 0 aromatic rings. The lowest BCUT2D eigenvalue weighted by Gasteiger charge is -2.14. The summed E-state index contributed by atoms with van der Waals surface area (Å²) < 4.78 is 4.76. The van der Waals surface area contributed by atoms with E-state index in [4.69, 9.17) is 14.6 Å². The van der Waals surface area contributed by atoms with Crippen LogP contribution >= 0.6 is 0 Å². The molecule has 0 bridgehead atoms. The summed E-state index contributed by atoms with van der Waals surface area (Å²) in [6.07, 6.45) is 4.21. The Balaban J connectivity index is -0.000000168. The van der Waals surface area contributed by atoms with E-state index in [1.54, 1.807) is 13.0 Å². The van der Waals surface area contributed by atoms with E-state index in [1.807, 2.05) is 34.6 Å². The number of ether oxygens (including phenoxy) is 1. The van der Waals surface area contributed by atoms with E-state index in [9.17, 15) is 9.90 Å². The maximum Gasteiger partial charge on any atom is 0.308 e. The number of hydrogen-bond acceptors (Lipinski definition) is 5. The van der Waals surface area contributed by atoms with Crippen LogP contribution in [0.1, 0.15) is 67.2 Å². The first kappa shape index (κ1) is 30.5. The van der Waals surface area contributed by atoms with Crippen LogP contribution in [-0.4, -0.2) is 48.0 Å². The lowest BCUT2D eigenvalue weighted by molar-refractivity contribution is -0.145. The summed E-state index contributed by atoms with van der Waals surface area (Å²) in [5, 5.41) is 19.7. The molecule has 0 saturated carbocycles. The molecule has 1 aliphatic heterocycles. The van der Waals surface area contributed by atoms with Gasteiger partial charge in [0, 0.05) is 6.04 Å². The van der Waals surface area contributed by atoms with Crippen molar-refractivity contribution >= 4 is 12.4 Å². The van der Waals surface area contributed by atoms with Crippen molar-refractivity contribution in [2.75, 3.05) is 13.2 Å². The van der Waals surface area contributed by atoms with E-state index in [-0.39, 0.29) is 18.9 Å². The van der Waals surface area contributed by atoms with Crippen LogP contribution < -0.4 is 5.32 Å². The Labute approximate surface area is 148 Å². The number of nitrogens with one attached hydrogen (secondary N) is 1. The highest BCUT2D eigenvalue weighted by atomic mass is 16.5. The average Bonchev–Trinajstić information content (AvgIpc) is 3.06. The lowest BCUT2D eigenvalue weighted by Crippen LogP contribution is -2.28. The second-order valence-corrected chi connectivity index (χ2v) is 4.21. The Morgan fingerprint density at radius 3 is 2.17 bits per heavy atom. The fraction of sp³-hybridized carbons (Fsp3) is 0.778. The number of carboxylic acid groups (broad SMARTS) is 1. The molecule has 0 aliphatic carbocycles. The minimum Gasteiger partial charge on any atom is -0.483 e. The van der Waals surface area contributed by atoms with Crippen LogP contribution in [0.25, 0.3) is 0 Å². The Morgan fingerprint density at radius 2 is 1.83 bits per heavy atom. The van der Waals surface area contributed by atoms with Gasteiger partial charge in [-0.2, -0.15) is 0 Å². The van der Waals surface area contributed by atoms with Gasteiger partial charge < -0.3 is 20.3 Å². The fourth-order valence-electron chi connectivity index (χ4n) is 1.78. The molecule has 6 nitrogen and oxygen atoms in total. The van der Waals surface area contributed by atoms with Crippen molar-refractivity contribution < 1.29 is 24.5 Å². The minimum absolute atomic E-state index is 0.117. The molecule has 0 aromatic carbocycles. The highest BCUT2D eigenvalue weighted by Gasteiger charge is 2.20. The second-order valence-electron chi connectivity index (χ2n) is 4.21. The largest absolute Gasteiger partial charge is 0.483 e. The van der Waals surface area contributed by atoms with E-state index >= 15 is 0 Å². The van der Waals surface area contributed by atoms with Crippen LogP contribution in [0.15, 0.2) is 12.7 Å². The molecule has 146 valence electrons. The Morgan fingerprint density at radius 1 is 1.38 bits per heavy atom. The zero-order valence-corrected chi connectivity index (χ0v) is 16.4.